The van der Waals surface area contributed by atoms with Crippen molar-refractivity contribution >= 4 is 11.8 Å². The molecule has 1 rings (SSSR count). The van der Waals surface area contributed by atoms with Crippen LogP contribution in [0.15, 0.2) is 0 Å². The highest BCUT2D eigenvalue weighted by Crippen LogP contribution is 2.28. The second-order valence-corrected chi connectivity index (χ2v) is 3.39. The van der Waals surface area contributed by atoms with E-state index in [9.17, 15) is 9.59 Å². The van der Waals surface area contributed by atoms with Gasteiger partial charge in [-0.2, -0.15) is 0 Å². The molecule has 0 saturated carbocycles. The minimum Gasteiger partial charge on any atom is -0.436 e. The molecule has 0 unspecified atom stereocenters. The average molecular weight is 186 g/mol. The molecule has 3 atom stereocenters. The molecule has 1 fully saturated rings. The van der Waals surface area contributed by atoms with Gasteiger partial charge in [0.2, 0.25) is 6.29 Å². The van der Waals surface area contributed by atoms with Crippen LogP contribution >= 0.6 is 0 Å². The van der Waals surface area contributed by atoms with Gasteiger partial charge in [-0.3, -0.25) is 9.59 Å². The topological polar surface area (TPSA) is 52.6 Å². The molecule has 0 N–H and O–H groups in total. The molecule has 0 aromatic heterocycles. The zero-order chi connectivity index (χ0) is 10.0. The summed E-state index contributed by atoms with van der Waals surface area (Å²) in [6.45, 7) is 5.07. The van der Waals surface area contributed by atoms with Crippen LogP contribution in [0.2, 0.25) is 0 Å². The van der Waals surface area contributed by atoms with Gasteiger partial charge in [0.15, 0.2) is 0 Å². The zero-order valence-corrected chi connectivity index (χ0v) is 8.07. The van der Waals surface area contributed by atoms with E-state index in [-0.39, 0.29) is 23.6 Å². The Morgan fingerprint density at radius 1 is 1.38 bits per heavy atom. The Morgan fingerprint density at radius 3 is 2.38 bits per heavy atom. The van der Waals surface area contributed by atoms with E-state index in [0.717, 1.165) is 0 Å². The first-order chi connectivity index (χ1) is 6.02. The van der Waals surface area contributed by atoms with Crippen molar-refractivity contribution < 1.29 is 19.1 Å². The maximum absolute atomic E-state index is 11.1. The summed E-state index contributed by atoms with van der Waals surface area (Å²) >= 11 is 0. The lowest BCUT2D eigenvalue weighted by Crippen LogP contribution is -2.25. The molecule has 0 radical (unpaired) electrons. The molecule has 4 nitrogen and oxygen atoms in total. The van der Waals surface area contributed by atoms with E-state index >= 15 is 0 Å². The minimum atomic E-state index is -0.550. The quantitative estimate of drug-likeness (QED) is 0.597. The fourth-order valence-electron chi connectivity index (χ4n) is 1.48. The Labute approximate surface area is 77.2 Å². The molecule has 1 saturated heterocycles. The van der Waals surface area contributed by atoms with Crippen molar-refractivity contribution in [1.82, 2.24) is 0 Å². The molecule has 74 valence electrons. The Hall–Kier alpha value is -0.900. The first-order valence-electron chi connectivity index (χ1n) is 4.31. The third-order valence-electron chi connectivity index (χ3n) is 2.31. The molecule has 0 amide bonds. The van der Waals surface area contributed by atoms with Crippen LogP contribution in [0.25, 0.3) is 0 Å². The largest absolute Gasteiger partial charge is 0.436 e. The highest BCUT2D eigenvalue weighted by molar-refractivity contribution is 5.79. The van der Waals surface area contributed by atoms with E-state index in [1.54, 1.807) is 0 Å². The van der Waals surface area contributed by atoms with Crippen molar-refractivity contribution in [3.05, 3.63) is 0 Å². The first kappa shape index (κ1) is 10.2. The van der Waals surface area contributed by atoms with Gasteiger partial charge in [0.25, 0.3) is 0 Å². The van der Waals surface area contributed by atoms with Gasteiger partial charge in [-0.05, 0) is 6.92 Å². The van der Waals surface area contributed by atoms with Gasteiger partial charge in [0, 0.05) is 18.8 Å². The summed E-state index contributed by atoms with van der Waals surface area (Å²) in [4.78, 5) is 21.7. The molecular weight excluding hydrogens is 172 g/mol. The molecule has 0 aromatic rings. The van der Waals surface area contributed by atoms with Crippen molar-refractivity contribution in [3.63, 3.8) is 0 Å². The fourth-order valence-corrected chi connectivity index (χ4v) is 1.48. The molecule has 13 heavy (non-hydrogen) atoms. The fraction of sp³-hybridized carbons (Fsp3) is 0.778. The van der Waals surface area contributed by atoms with Crippen LogP contribution < -0.4 is 0 Å². The number of Topliss-reactive ketones (excluding diaryl/α,β-unsaturated/α-hetero) is 1. The lowest BCUT2D eigenvalue weighted by molar-refractivity contribution is -0.172. The van der Waals surface area contributed by atoms with Gasteiger partial charge < -0.3 is 9.47 Å². The Kier molecular flexibility index (Phi) is 3.03. The number of carbonyl (C=O) groups is 2. The van der Waals surface area contributed by atoms with E-state index < -0.39 is 6.29 Å². The molecule has 1 aliphatic rings. The number of hydrogen-bond donors (Lipinski definition) is 0. The van der Waals surface area contributed by atoms with Crippen LogP contribution in [0, 0.1) is 11.8 Å². The first-order valence-corrected chi connectivity index (χ1v) is 4.31. The predicted octanol–water partition coefficient (Wildman–Crippen LogP) is 0.747. The van der Waals surface area contributed by atoms with Crippen LogP contribution in [0.3, 0.4) is 0 Å². The average Bonchev–Trinajstić information content (AvgIpc) is 2.32. The van der Waals surface area contributed by atoms with E-state index in [0.29, 0.717) is 6.61 Å². The highest BCUT2D eigenvalue weighted by Gasteiger charge is 2.38. The number of hydrogen-bond acceptors (Lipinski definition) is 4. The zero-order valence-electron chi connectivity index (χ0n) is 8.07. The predicted molar refractivity (Wildman–Crippen MR) is 44.8 cm³/mol. The Morgan fingerprint density at radius 2 is 2.00 bits per heavy atom. The van der Waals surface area contributed by atoms with Crippen LogP contribution in [0.4, 0.5) is 0 Å². The third-order valence-corrected chi connectivity index (χ3v) is 2.31. The van der Waals surface area contributed by atoms with Gasteiger partial charge in [-0.25, -0.2) is 0 Å². The summed E-state index contributed by atoms with van der Waals surface area (Å²) in [5, 5.41) is 0. The smallest absolute Gasteiger partial charge is 0.304 e. The lowest BCUT2D eigenvalue weighted by atomic mass is 9.93. The second kappa shape index (κ2) is 3.87. The number of esters is 1. The SMILES string of the molecule is CC(=O)O[C@H]1OC[C@H](C(C)=O)[C@@H]1C. The van der Waals surface area contributed by atoms with E-state index in [1.165, 1.54) is 13.8 Å². The summed E-state index contributed by atoms with van der Waals surface area (Å²) in [5.74, 6) is -0.464. The van der Waals surface area contributed by atoms with Crippen molar-refractivity contribution in [1.29, 1.82) is 0 Å². The molecule has 4 heteroatoms. The van der Waals surface area contributed by atoms with E-state index in [1.807, 2.05) is 6.92 Å². The molecule has 0 aromatic carbocycles. The number of ether oxygens (including phenoxy) is 2. The molecule has 0 bridgehead atoms. The Bertz CT molecular complexity index is 224. The summed E-state index contributed by atoms with van der Waals surface area (Å²) in [6.07, 6.45) is -0.550. The van der Waals surface area contributed by atoms with Gasteiger partial charge in [-0.1, -0.05) is 6.92 Å². The van der Waals surface area contributed by atoms with Crippen molar-refractivity contribution in [2.75, 3.05) is 6.61 Å². The maximum atomic E-state index is 11.1. The summed E-state index contributed by atoms with van der Waals surface area (Å²) in [7, 11) is 0. The number of carbonyl (C=O) groups excluding carboxylic acids is 2. The maximum Gasteiger partial charge on any atom is 0.304 e. The standard InChI is InChI=1S/C9H14O4/c1-5-8(6(2)10)4-12-9(5)13-7(3)11/h5,8-9H,4H2,1-3H3/t5-,8-,9+/m0/s1. The Balaban J connectivity index is 2.54. The van der Waals surface area contributed by atoms with Crippen LogP contribution in [-0.4, -0.2) is 24.6 Å². The highest BCUT2D eigenvalue weighted by atomic mass is 16.7. The van der Waals surface area contributed by atoms with Crippen molar-refractivity contribution in [3.8, 4) is 0 Å². The van der Waals surface area contributed by atoms with Gasteiger partial charge >= 0.3 is 5.97 Å². The van der Waals surface area contributed by atoms with E-state index in [2.05, 4.69) is 0 Å². The summed E-state index contributed by atoms with van der Waals surface area (Å²) in [6, 6.07) is 0. The molecule has 1 aliphatic heterocycles. The monoisotopic (exact) mass is 186 g/mol. The molecule has 1 heterocycles. The summed E-state index contributed by atoms with van der Waals surface area (Å²) in [5.41, 5.74) is 0. The van der Waals surface area contributed by atoms with Gasteiger partial charge in [0.1, 0.15) is 5.78 Å². The summed E-state index contributed by atoms with van der Waals surface area (Å²) < 4.78 is 10.1. The van der Waals surface area contributed by atoms with Crippen molar-refractivity contribution in [2.24, 2.45) is 11.8 Å². The van der Waals surface area contributed by atoms with Gasteiger partial charge in [0.05, 0.1) is 6.61 Å². The van der Waals surface area contributed by atoms with Crippen molar-refractivity contribution in [2.45, 2.75) is 27.1 Å². The van der Waals surface area contributed by atoms with E-state index in [4.69, 9.17) is 9.47 Å². The molecule has 0 spiro atoms. The molecule has 0 aliphatic carbocycles. The second-order valence-electron chi connectivity index (χ2n) is 3.39. The third kappa shape index (κ3) is 2.28. The normalized spacial score (nSPS) is 33.0. The number of ketones is 1. The van der Waals surface area contributed by atoms with Gasteiger partial charge in [-0.15, -0.1) is 0 Å². The van der Waals surface area contributed by atoms with Crippen LogP contribution in [-0.2, 0) is 19.1 Å². The minimum absolute atomic E-state index is 0.0404. The van der Waals surface area contributed by atoms with Crippen LogP contribution in [0.5, 0.6) is 0 Å². The lowest BCUT2D eigenvalue weighted by Gasteiger charge is -2.15. The number of rotatable bonds is 2. The molecular formula is C9H14O4. The van der Waals surface area contributed by atoms with Crippen LogP contribution in [0.1, 0.15) is 20.8 Å².